The summed E-state index contributed by atoms with van der Waals surface area (Å²) in [5, 5.41) is 9.27. The molecular weight excluding hydrogens is 274 g/mol. The zero-order valence-corrected chi connectivity index (χ0v) is 12.0. The number of ether oxygens (including phenoxy) is 1. The highest BCUT2D eigenvalue weighted by Gasteiger charge is 2.31. The minimum atomic E-state index is -0.259. The number of benzene rings is 1. The van der Waals surface area contributed by atoms with E-state index in [2.05, 4.69) is 14.9 Å². The topological polar surface area (TPSA) is 57.0 Å². The lowest BCUT2D eigenvalue weighted by Gasteiger charge is -2.09. The van der Waals surface area contributed by atoms with E-state index in [9.17, 15) is 4.79 Å². The standard InChI is InChI=1S/C14H15N3O2S/c1-19-12(18)9-20-14-16-15-13(10-7-8-10)17(14)11-5-3-2-4-6-11/h2-6,10H,7-9H2,1H3. The van der Waals surface area contributed by atoms with E-state index in [1.54, 1.807) is 0 Å². The second kappa shape index (κ2) is 5.66. The quantitative estimate of drug-likeness (QED) is 0.625. The molecule has 20 heavy (non-hydrogen) atoms. The van der Waals surface area contributed by atoms with E-state index in [4.69, 9.17) is 0 Å². The molecule has 3 rings (SSSR count). The maximum absolute atomic E-state index is 11.3. The monoisotopic (exact) mass is 289 g/mol. The summed E-state index contributed by atoms with van der Waals surface area (Å²) in [6.07, 6.45) is 2.32. The average molecular weight is 289 g/mol. The number of nitrogens with zero attached hydrogens (tertiary/aromatic N) is 3. The number of hydrogen-bond acceptors (Lipinski definition) is 5. The summed E-state index contributed by atoms with van der Waals surface area (Å²) in [4.78, 5) is 11.3. The Labute approximate surface area is 121 Å². The van der Waals surface area contributed by atoms with E-state index in [0.717, 1.165) is 29.5 Å². The molecule has 1 saturated carbocycles. The molecule has 0 amide bonds. The van der Waals surface area contributed by atoms with Crippen molar-refractivity contribution in [3.8, 4) is 5.69 Å². The van der Waals surface area contributed by atoms with Gasteiger partial charge in [0.2, 0.25) is 0 Å². The largest absolute Gasteiger partial charge is 0.468 e. The zero-order valence-electron chi connectivity index (χ0n) is 11.2. The number of para-hydroxylation sites is 1. The first kappa shape index (κ1) is 13.2. The highest BCUT2D eigenvalue weighted by Crippen LogP contribution is 2.41. The molecule has 0 radical (unpaired) electrons. The van der Waals surface area contributed by atoms with E-state index in [1.807, 2.05) is 34.9 Å². The first-order valence-electron chi connectivity index (χ1n) is 6.50. The molecule has 0 spiro atoms. The molecule has 1 aliphatic rings. The van der Waals surface area contributed by atoms with Gasteiger partial charge in [0, 0.05) is 11.6 Å². The fourth-order valence-corrected chi connectivity index (χ4v) is 2.77. The Kier molecular flexibility index (Phi) is 3.73. The molecule has 1 aliphatic carbocycles. The third kappa shape index (κ3) is 2.70. The minimum absolute atomic E-state index is 0.242. The number of rotatable bonds is 5. The fourth-order valence-electron chi connectivity index (χ4n) is 1.98. The van der Waals surface area contributed by atoms with Crippen LogP contribution in [0.25, 0.3) is 5.69 Å². The van der Waals surface area contributed by atoms with Crippen molar-refractivity contribution in [1.29, 1.82) is 0 Å². The van der Waals surface area contributed by atoms with Crippen LogP contribution in [0.4, 0.5) is 0 Å². The van der Waals surface area contributed by atoms with Crippen molar-refractivity contribution in [2.45, 2.75) is 23.9 Å². The molecule has 104 valence electrons. The molecule has 0 N–H and O–H groups in total. The molecule has 0 bridgehead atoms. The summed E-state index contributed by atoms with van der Waals surface area (Å²) in [6, 6.07) is 10.0. The van der Waals surface area contributed by atoms with Gasteiger partial charge < -0.3 is 4.74 Å². The number of esters is 1. The van der Waals surface area contributed by atoms with Gasteiger partial charge in [-0.05, 0) is 25.0 Å². The lowest BCUT2D eigenvalue weighted by Crippen LogP contribution is -2.06. The van der Waals surface area contributed by atoms with Gasteiger partial charge >= 0.3 is 5.97 Å². The van der Waals surface area contributed by atoms with Gasteiger partial charge in [-0.2, -0.15) is 0 Å². The lowest BCUT2D eigenvalue weighted by molar-refractivity contribution is -0.137. The van der Waals surface area contributed by atoms with Crippen molar-refractivity contribution in [1.82, 2.24) is 14.8 Å². The SMILES string of the molecule is COC(=O)CSc1nnc(C2CC2)n1-c1ccccc1. The van der Waals surface area contributed by atoms with Crippen LogP contribution >= 0.6 is 11.8 Å². The molecule has 0 saturated heterocycles. The smallest absolute Gasteiger partial charge is 0.316 e. The van der Waals surface area contributed by atoms with E-state index in [-0.39, 0.29) is 11.7 Å². The normalized spacial score (nSPS) is 14.2. The van der Waals surface area contributed by atoms with E-state index < -0.39 is 0 Å². The Morgan fingerprint density at radius 1 is 1.35 bits per heavy atom. The highest BCUT2D eigenvalue weighted by atomic mass is 32.2. The fraction of sp³-hybridized carbons (Fsp3) is 0.357. The molecule has 0 aliphatic heterocycles. The van der Waals surface area contributed by atoms with Crippen LogP contribution in [0.5, 0.6) is 0 Å². The van der Waals surface area contributed by atoms with Crippen LogP contribution in [0.2, 0.25) is 0 Å². The van der Waals surface area contributed by atoms with Crippen molar-refractivity contribution < 1.29 is 9.53 Å². The molecule has 0 unspecified atom stereocenters. The van der Waals surface area contributed by atoms with Crippen molar-refractivity contribution in [3.05, 3.63) is 36.2 Å². The number of thioether (sulfide) groups is 1. The molecule has 1 aromatic heterocycles. The maximum Gasteiger partial charge on any atom is 0.316 e. The van der Waals surface area contributed by atoms with Crippen LogP contribution < -0.4 is 0 Å². The second-order valence-corrected chi connectivity index (χ2v) is 5.59. The van der Waals surface area contributed by atoms with Crippen molar-refractivity contribution in [3.63, 3.8) is 0 Å². The second-order valence-electron chi connectivity index (χ2n) is 4.65. The van der Waals surface area contributed by atoms with Gasteiger partial charge in [0.15, 0.2) is 5.16 Å². The minimum Gasteiger partial charge on any atom is -0.468 e. The Morgan fingerprint density at radius 2 is 2.10 bits per heavy atom. The lowest BCUT2D eigenvalue weighted by atomic mass is 10.3. The molecular formula is C14H15N3O2S. The number of carbonyl (C=O) groups is 1. The summed E-state index contributed by atoms with van der Waals surface area (Å²) in [7, 11) is 1.39. The van der Waals surface area contributed by atoms with Gasteiger partial charge in [-0.15, -0.1) is 10.2 Å². The first-order valence-corrected chi connectivity index (χ1v) is 7.48. The van der Waals surface area contributed by atoms with Crippen LogP contribution in [-0.4, -0.2) is 33.6 Å². The molecule has 2 aromatic rings. The number of carbonyl (C=O) groups excluding carboxylic acids is 1. The summed E-state index contributed by atoms with van der Waals surface area (Å²) < 4.78 is 6.71. The van der Waals surface area contributed by atoms with Crippen LogP contribution in [0, 0.1) is 0 Å². The Bertz CT molecular complexity index is 608. The molecule has 6 heteroatoms. The first-order chi connectivity index (χ1) is 9.79. The highest BCUT2D eigenvalue weighted by molar-refractivity contribution is 7.99. The molecule has 5 nitrogen and oxygen atoms in total. The van der Waals surface area contributed by atoms with Gasteiger partial charge in [0.05, 0.1) is 12.9 Å². The van der Waals surface area contributed by atoms with Gasteiger partial charge in [-0.25, -0.2) is 0 Å². The van der Waals surface area contributed by atoms with E-state index >= 15 is 0 Å². The molecule has 1 fully saturated rings. The van der Waals surface area contributed by atoms with Gasteiger partial charge in [-0.3, -0.25) is 9.36 Å². The van der Waals surface area contributed by atoms with E-state index in [1.165, 1.54) is 18.9 Å². The predicted octanol–water partition coefficient (Wildman–Crippen LogP) is 2.41. The number of aromatic nitrogens is 3. The summed E-state index contributed by atoms with van der Waals surface area (Å²) in [5.74, 6) is 1.47. The molecule has 1 aromatic carbocycles. The third-order valence-corrected chi connectivity index (χ3v) is 4.06. The van der Waals surface area contributed by atoms with Gasteiger partial charge in [0.1, 0.15) is 5.82 Å². The Morgan fingerprint density at radius 3 is 2.75 bits per heavy atom. The maximum atomic E-state index is 11.3. The van der Waals surface area contributed by atoms with Crippen LogP contribution in [0.15, 0.2) is 35.5 Å². The van der Waals surface area contributed by atoms with Crippen molar-refractivity contribution in [2.24, 2.45) is 0 Å². The summed E-state index contributed by atoms with van der Waals surface area (Å²) >= 11 is 1.36. The van der Waals surface area contributed by atoms with Gasteiger partial charge in [0.25, 0.3) is 0 Å². The van der Waals surface area contributed by atoms with Crippen LogP contribution in [0.1, 0.15) is 24.6 Å². The third-order valence-electron chi connectivity index (χ3n) is 3.16. The summed E-state index contributed by atoms with van der Waals surface area (Å²) in [6.45, 7) is 0. The predicted molar refractivity (Wildman–Crippen MR) is 76.1 cm³/mol. The Hall–Kier alpha value is -1.82. The zero-order chi connectivity index (χ0) is 13.9. The number of methoxy groups -OCH3 is 1. The van der Waals surface area contributed by atoms with Gasteiger partial charge in [-0.1, -0.05) is 30.0 Å². The Balaban J connectivity index is 1.92. The van der Waals surface area contributed by atoms with E-state index in [0.29, 0.717) is 5.92 Å². The van der Waals surface area contributed by atoms with Crippen LogP contribution in [0.3, 0.4) is 0 Å². The summed E-state index contributed by atoms with van der Waals surface area (Å²) in [5.41, 5.74) is 1.03. The van der Waals surface area contributed by atoms with Crippen LogP contribution in [-0.2, 0) is 9.53 Å². The average Bonchev–Trinajstić information content (AvgIpc) is 3.25. The van der Waals surface area contributed by atoms with Crippen molar-refractivity contribution in [2.75, 3.05) is 12.9 Å². The molecule has 1 heterocycles. The number of hydrogen-bond donors (Lipinski definition) is 0. The van der Waals surface area contributed by atoms with Crippen molar-refractivity contribution >= 4 is 17.7 Å². The molecule has 0 atom stereocenters.